The molecule has 0 fully saturated rings. The van der Waals surface area contributed by atoms with Gasteiger partial charge in [0.2, 0.25) is 0 Å². The van der Waals surface area contributed by atoms with E-state index >= 15 is 0 Å². The maximum Gasteiger partial charge on any atom is 0.0713 e. The molecule has 0 saturated heterocycles. The number of hydrogen-bond acceptors (Lipinski definition) is 1. The van der Waals surface area contributed by atoms with Crippen LogP contribution in [-0.2, 0) is 11.3 Å². The molecule has 0 saturated carbocycles. The van der Waals surface area contributed by atoms with E-state index < -0.39 is 0 Å². The van der Waals surface area contributed by atoms with Crippen LogP contribution in [-0.4, -0.2) is 12.4 Å². The highest BCUT2D eigenvalue weighted by molar-refractivity contribution is 9.09. The SMILES string of the molecule is C=C(CBr)c1ccc(COC)cc1. The molecule has 0 aliphatic heterocycles. The van der Waals surface area contributed by atoms with Crippen LogP contribution in [0.15, 0.2) is 30.8 Å². The minimum Gasteiger partial charge on any atom is -0.380 e. The van der Waals surface area contributed by atoms with Crippen LogP contribution in [0, 0.1) is 0 Å². The van der Waals surface area contributed by atoms with Crippen LogP contribution in [0.2, 0.25) is 0 Å². The van der Waals surface area contributed by atoms with Crippen LogP contribution in [0.1, 0.15) is 11.1 Å². The van der Waals surface area contributed by atoms with Gasteiger partial charge in [-0.05, 0) is 16.7 Å². The van der Waals surface area contributed by atoms with Crippen molar-refractivity contribution in [3.8, 4) is 0 Å². The predicted molar refractivity (Wildman–Crippen MR) is 60.0 cm³/mol. The summed E-state index contributed by atoms with van der Waals surface area (Å²) in [7, 11) is 1.70. The molecule has 0 spiro atoms. The highest BCUT2D eigenvalue weighted by atomic mass is 79.9. The minimum absolute atomic E-state index is 0.668. The van der Waals surface area contributed by atoms with Gasteiger partial charge in [-0.3, -0.25) is 0 Å². The van der Waals surface area contributed by atoms with Gasteiger partial charge in [0.1, 0.15) is 0 Å². The fourth-order valence-electron chi connectivity index (χ4n) is 1.08. The molecule has 1 aromatic rings. The largest absolute Gasteiger partial charge is 0.380 e. The maximum atomic E-state index is 5.02. The van der Waals surface area contributed by atoms with Crippen molar-refractivity contribution in [3.63, 3.8) is 0 Å². The lowest BCUT2D eigenvalue weighted by Crippen LogP contribution is -1.88. The number of ether oxygens (including phenoxy) is 1. The summed E-state index contributed by atoms with van der Waals surface area (Å²) in [6, 6.07) is 8.26. The first-order valence-electron chi connectivity index (χ1n) is 4.10. The van der Waals surface area contributed by atoms with Gasteiger partial charge >= 0.3 is 0 Å². The summed E-state index contributed by atoms with van der Waals surface area (Å²) >= 11 is 3.38. The zero-order valence-corrected chi connectivity index (χ0v) is 9.30. The summed E-state index contributed by atoms with van der Waals surface area (Å²) in [5.41, 5.74) is 3.47. The summed E-state index contributed by atoms with van der Waals surface area (Å²) in [6.45, 7) is 4.61. The van der Waals surface area contributed by atoms with Gasteiger partial charge in [0, 0.05) is 12.4 Å². The van der Waals surface area contributed by atoms with E-state index in [1.54, 1.807) is 7.11 Å². The average Bonchev–Trinajstić information content (AvgIpc) is 2.18. The summed E-state index contributed by atoms with van der Waals surface area (Å²) < 4.78 is 5.02. The van der Waals surface area contributed by atoms with E-state index in [4.69, 9.17) is 4.74 Å². The molecular weight excluding hydrogens is 228 g/mol. The van der Waals surface area contributed by atoms with Crippen molar-refractivity contribution in [2.24, 2.45) is 0 Å². The molecule has 0 atom stereocenters. The minimum atomic E-state index is 0.668. The smallest absolute Gasteiger partial charge is 0.0713 e. The Morgan fingerprint density at radius 1 is 1.38 bits per heavy atom. The quantitative estimate of drug-likeness (QED) is 0.735. The third-order valence-electron chi connectivity index (χ3n) is 1.83. The molecule has 0 unspecified atom stereocenters. The first-order chi connectivity index (χ1) is 6.27. The van der Waals surface area contributed by atoms with Gasteiger partial charge in [-0.2, -0.15) is 0 Å². The lowest BCUT2D eigenvalue weighted by atomic mass is 10.1. The highest BCUT2D eigenvalue weighted by Crippen LogP contribution is 2.15. The molecule has 0 bridgehead atoms. The number of alkyl halides is 1. The molecule has 2 heteroatoms. The Labute approximate surface area is 87.5 Å². The number of hydrogen-bond donors (Lipinski definition) is 0. The molecule has 1 nitrogen and oxygen atoms in total. The first-order valence-corrected chi connectivity index (χ1v) is 5.22. The average molecular weight is 241 g/mol. The van der Waals surface area contributed by atoms with Crippen LogP contribution < -0.4 is 0 Å². The van der Waals surface area contributed by atoms with E-state index in [-0.39, 0.29) is 0 Å². The van der Waals surface area contributed by atoms with Crippen molar-refractivity contribution >= 4 is 21.5 Å². The van der Waals surface area contributed by atoms with Crippen molar-refractivity contribution in [2.45, 2.75) is 6.61 Å². The second kappa shape index (κ2) is 5.20. The van der Waals surface area contributed by atoms with Crippen LogP contribution in [0.4, 0.5) is 0 Å². The Balaban J connectivity index is 2.75. The third kappa shape index (κ3) is 2.98. The third-order valence-corrected chi connectivity index (χ3v) is 2.51. The molecule has 1 rings (SSSR count). The van der Waals surface area contributed by atoms with Gasteiger partial charge in [-0.15, -0.1) is 0 Å². The molecular formula is C11H13BrO. The summed E-state index contributed by atoms with van der Waals surface area (Å²) in [5.74, 6) is 0. The van der Waals surface area contributed by atoms with Gasteiger partial charge < -0.3 is 4.74 Å². The second-order valence-electron chi connectivity index (χ2n) is 2.87. The van der Waals surface area contributed by atoms with Crippen LogP contribution in [0.5, 0.6) is 0 Å². The molecule has 13 heavy (non-hydrogen) atoms. The normalized spacial score (nSPS) is 10.0. The fraction of sp³-hybridized carbons (Fsp3) is 0.273. The molecule has 0 aromatic heterocycles. The van der Waals surface area contributed by atoms with Gasteiger partial charge in [-0.1, -0.05) is 46.8 Å². The van der Waals surface area contributed by atoms with Crippen molar-refractivity contribution in [3.05, 3.63) is 42.0 Å². The Kier molecular flexibility index (Phi) is 4.19. The van der Waals surface area contributed by atoms with E-state index in [9.17, 15) is 0 Å². The molecule has 70 valence electrons. The highest BCUT2D eigenvalue weighted by Gasteiger charge is 1.96. The molecule has 0 heterocycles. The van der Waals surface area contributed by atoms with Crippen molar-refractivity contribution < 1.29 is 4.74 Å². The summed E-state index contributed by atoms with van der Waals surface area (Å²) in [5, 5.41) is 0.816. The molecule has 0 amide bonds. The van der Waals surface area contributed by atoms with Crippen LogP contribution in [0.25, 0.3) is 5.57 Å². The van der Waals surface area contributed by atoms with Crippen molar-refractivity contribution in [2.75, 3.05) is 12.4 Å². The number of benzene rings is 1. The van der Waals surface area contributed by atoms with Gasteiger partial charge in [0.05, 0.1) is 6.61 Å². The Bertz CT molecular complexity index is 277. The van der Waals surface area contributed by atoms with E-state index in [0.717, 1.165) is 10.9 Å². The van der Waals surface area contributed by atoms with Gasteiger partial charge in [0.15, 0.2) is 0 Å². The Morgan fingerprint density at radius 3 is 2.46 bits per heavy atom. The van der Waals surface area contributed by atoms with E-state index in [0.29, 0.717) is 6.61 Å². The topological polar surface area (TPSA) is 9.23 Å². The number of rotatable bonds is 4. The van der Waals surface area contributed by atoms with E-state index in [1.807, 2.05) is 0 Å². The standard InChI is InChI=1S/C11H13BrO/c1-9(7-12)11-5-3-10(4-6-11)8-13-2/h3-6H,1,7-8H2,2H3. The van der Waals surface area contributed by atoms with Gasteiger partial charge in [0.25, 0.3) is 0 Å². The fourth-order valence-corrected chi connectivity index (χ4v) is 1.40. The van der Waals surface area contributed by atoms with Crippen LogP contribution >= 0.6 is 15.9 Å². The van der Waals surface area contributed by atoms with Crippen LogP contribution in [0.3, 0.4) is 0 Å². The Morgan fingerprint density at radius 2 is 2.00 bits per heavy atom. The Hall–Kier alpha value is -0.600. The zero-order valence-electron chi connectivity index (χ0n) is 7.72. The van der Waals surface area contributed by atoms with E-state index in [2.05, 4.69) is 46.8 Å². The molecule has 0 N–H and O–H groups in total. The predicted octanol–water partition coefficient (Wildman–Crippen LogP) is 3.24. The molecule has 0 aliphatic carbocycles. The zero-order chi connectivity index (χ0) is 9.68. The lowest BCUT2D eigenvalue weighted by molar-refractivity contribution is 0.185. The second-order valence-corrected chi connectivity index (χ2v) is 3.43. The molecule has 0 radical (unpaired) electrons. The lowest BCUT2D eigenvalue weighted by Gasteiger charge is -2.03. The van der Waals surface area contributed by atoms with E-state index in [1.165, 1.54) is 11.1 Å². The molecule has 1 aromatic carbocycles. The number of methoxy groups -OCH3 is 1. The molecule has 0 aliphatic rings. The number of halogens is 1. The van der Waals surface area contributed by atoms with Gasteiger partial charge in [-0.25, -0.2) is 0 Å². The van der Waals surface area contributed by atoms with Crippen molar-refractivity contribution in [1.82, 2.24) is 0 Å². The van der Waals surface area contributed by atoms with Crippen molar-refractivity contribution in [1.29, 1.82) is 0 Å². The maximum absolute atomic E-state index is 5.02. The summed E-state index contributed by atoms with van der Waals surface area (Å²) in [4.78, 5) is 0. The number of allylic oxidation sites excluding steroid dienone is 1. The first kappa shape index (κ1) is 10.5. The summed E-state index contributed by atoms with van der Waals surface area (Å²) in [6.07, 6.45) is 0. The monoisotopic (exact) mass is 240 g/mol.